The van der Waals surface area contributed by atoms with Crippen LogP contribution in [0.2, 0.25) is 0 Å². The first-order chi connectivity index (χ1) is 21.1. The first-order valence-corrected chi connectivity index (χ1v) is 15.0. The number of unbranched alkanes of at least 4 members (excludes halogenated alkanes) is 1. The van der Waals surface area contributed by atoms with Crippen molar-refractivity contribution in [3.05, 3.63) is 114 Å². The van der Waals surface area contributed by atoms with Gasteiger partial charge in [0.05, 0.1) is 25.7 Å². The van der Waals surface area contributed by atoms with Crippen LogP contribution in [0.5, 0.6) is 5.75 Å². The van der Waals surface area contributed by atoms with E-state index in [4.69, 9.17) is 23.7 Å². The molecule has 0 aromatic heterocycles. The van der Waals surface area contributed by atoms with Crippen LogP contribution in [0, 0.1) is 5.41 Å². The first kappa shape index (κ1) is 33.4. The van der Waals surface area contributed by atoms with Crippen molar-refractivity contribution in [1.29, 1.82) is 0 Å². The molecular weight excluding hydrogens is 560 g/mol. The van der Waals surface area contributed by atoms with E-state index in [0.29, 0.717) is 18.8 Å². The maximum atomic E-state index is 12.8. The van der Waals surface area contributed by atoms with Crippen LogP contribution < -0.4 is 4.74 Å². The number of rotatable bonds is 14. The molecule has 2 N–H and O–H groups in total. The van der Waals surface area contributed by atoms with Gasteiger partial charge in [0.1, 0.15) is 29.7 Å². The van der Waals surface area contributed by atoms with Gasteiger partial charge in [-0.3, -0.25) is 4.79 Å². The van der Waals surface area contributed by atoms with Gasteiger partial charge >= 0.3 is 5.97 Å². The molecule has 8 nitrogen and oxygen atoms in total. The van der Waals surface area contributed by atoms with Crippen molar-refractivity contribution in [2.75, 3.05) is 20.3 Å². The summed E-state index contributed by atoms with van der Waals surface area (Å²) in [5, 5.41) is 22.8. The molecule has 44 heavy (non-hydrogen) atoms. The smallest absolute Gasteiger partial charge is 0.311 e. The Morgan fingerprint density at radius 2 is 1.52 bits per heavy atom. The van der Waals surface area contributed by atoms with Crippen molar-refractivity contribution in [2.45, 2.75) is 69.9 Å². The largest absolute Gasteiger partial charge is 0.497 e. The molecule has 4 rings (SSSR count). The van der Waals surface area contributed by atoms with Gasteiger partial charge in [-0.1, -0.05) is 78.9 Å². The molecule has 1 aliphatic heterocycles. The van der Waals surface area contributed by atoms with Gasteiger partial charge in [-0.15, -0.1) is 6.58 Å². The second-order valence-electron chi connectivity index (χ2n) is 11.9. The molecule has 3 aromatic carbocycles. The van der Waals surface area contributed by atoms with E-state index in [1.165, 1.54) is 0 Å². The van der Waals surface area contributed by atoms with Crippen molar-refractivity contribution in [3.8, 4) is 5.75 Å². The molecule has 0 unspecified atom stereocenters. The average molecular weight is 605 g/mol. The normalized spacial score (nSPS) is 21.0. The highest BCUT2D eigenvalue weighted by atomic mass is 16.7. The maximum Gasteiger partial charge on any atom is 0.311 e. The topological polar surface area (TPSA) is 104 Å². The molecule has 1 heterocycles. The summed E-state index contributed by atoms with van der Waals surface area (Å²) in [5.74, 6) is 0.184. The number of benzene rings is 3. The summed E-state index contributed by atoms with van der Waals surface area (Å²) < 4.78 is 29.8. The summed E-state index contributed by atoms with van der Waals surface area (Å²) >= 11 is 0. The van der Waals surface area contributed by atoms with Gasteiger partial charge in [-0.05, 0) is 62.4 Å². The van der Waals surface area contributed by atoms with Crippen molar-refractivity contribution in [2.24, 2.45) is 5.41 Å². The van der Waals surface area contributed by atoms with E-state index in [2.05, 4.69) is 6.58 Å². The number of aliphatic hydroxyl groups is 2. The molecule has 0 aliphatic carbocycles. The number of hydrogen-bond donors (Lipinski definition) is 2. The van der Waals surface area contributed by atoms with Gasteiger partial charge in [0.2, 0.25) is 0 Å². The number of methoxy groups -OCH3 is 1. The minimum Gasteiger partial charge on any atom is -0.497 e. The number of hydrogen-bond acceptors (Lipinski definition) is 8. The SMILES string of the molecule is C=CCCCO[C@H]1O[C@@H]([C@H](O)COC(c2ccccc2)(c2ccccc2)c2ccc(OC)cc2)[C@H](O)[C@H]1OC(=O)C(C)(C)C. The van der Waals surface area contributed by atoms with Crippen molar-refractivity contribution < 1.29 is 38.7 Å². The minimum absolute atomic E-state index is 0.222. The predicted molar refractivity (Wildman–Crippen MR) is 167 cm³/mol. The number of allylic oxidation sites excluding steroid dienone is 1. The zero-order valence-electron chi connectivity index (χ0n) is 25.9. The number of ether oxygens (including phenoxy) is 5. The zero-order valence-corrected chi connectivity index (χ0v) is 25.9. The molecule has 1 saturated heterocycles. The Balaban J connectivity index is 1.65. The Labute approximate surface area is 260 Å². The lowest BCUT2D eigenvalue weighted by Gasteiger charge is -2.37. The van der Waals surface area contributed by atoms with Crippen LogP contribution >= 0.6 is 0 Å². The van der Waals surface area contributed by atoms with Gasteiger partial charge in [0.15, 0.2) is 12.4 Å². The molecule has 0 bridgehead atoms. The summed E-state index contributed by atoms with van der Waals surface area (Å²) in [5.41, 5.74) is 0.568. The third kappa shape index (κ3) is 7.57. The van der Waals surface area contributed by atoms with Gasteiger partial charge in [-0.25, -0.2) is 0 Å². The highest BCUT2D eigenvalue weighted by Crippen LogP contribution is 2.41. The van der Waals surface area contributed by atoms with Crippen LogP contribution in [0.1, 0.15) is 50.3 Å². The Kier molecular flexibility index (Phi) is 11.4. The Bertz CT molecular complexity index is 1280. The first-order valence-electron chi connectivity index (χ1n) is 15.0. The number of aliphatic hydroxyl groups excluding tert-OH is 2. The third-order valence-corrected chi connectivity index (χ3v) is 7.63. The summed E-state index contributed by atoms with van der Waals surface area (Å²) in [7, 11) is 1.61. The van der Waals surface area contributed by atoms with E-state index in [1.807, 2.05) is 84.9 Å². The minimum atomic E-state index is -1.35. The lowest BCUT2D eigenvalue weighted by molar-refractivity contribution is -0.200. The predicted octanol–water partition coefficient (Wildman–Crippen LogP) is 5.39. The highest BCUT2D eigenvalue weighted by Gasteiger charge is 2.51. The fraction of sp³-hybridized carbons (Fsp3) is 0.417. The van der Waals surface area contributed by atoms with Crippen LogP contribution in [0.15, 0.2) is 97.6 Å². The molecular formula is C36H44O8. The van der Waals surface area contributed by atoms with Crippen molar-refractivity contribution in [3.63, 3.8) is 0 Å². The second kappa shape index (κ2) is 15.0. The highest BCUT2D eigenvalue weighted by molar-refractivity contribution is 5.75. The maximum absolute atomic E-state index is 12.8. The van der Waals surface area contributed by atoms with Crippen molar-refractivity contribution in [1.82, 2.24) is 0 Å². The van der Waals surface area contributed by atoms with E-state index in [-0.39, 0.29) is 6.61 Å². The average Bonchev–Trinajstić information content (AvgIpc) is 3.34. The van der Waals surface area contributed by atoms with E-state index >= 15 is 0 Å². The molecule has 0 amide bonds. The fourth-order valence-electron chi connectivity index (χ4n) is 5.19. The van der Waals surface area contributed by atoms with Crippen LogP contribution in [0.3, 0.4) is 0 Å². The Morgan fingerprint density at radius 3 is 2.05 bits per heavy atom. The molecule has 1 aliphatic rings. The zero-order chi connectivity index (χ0) is 31.7. The van der Waals surface area contributed by atoms with Gasteiger partial charge < -0.3 is 33.9 Å². The molecule has 1 fully saturated rings. The Morgan fingerprint density at radius 1 is 0.955 bits per heavy atom. The van der Waals surface area contributed by atoms with E-state index in [9.17, 15) is 15.0 Å². The summed E-state index contributed by atoms with van der Waals surface area (Å²) in [4.78, 5) is 12.8. The third-order valence-electron chi connectivity index (χ3n) is 7.63. The number of carbonyl (C=O) groups is 1. The lowest BCUT2D eigenvalue weighted by atomic mass is 9.80. The van der Waals surface area contributed by atoms with E-state index in [1.54, 1.807) is 34.0 Å². The van der Waals surface area contributed by atoms with Gasteiger partial charge in [0.25, 0.3) is 0 Å². The summed E-state index contributed by atoms with van der Waals surface area (Å²) in [6, 6.07) is 27.1. The van der Waals surface area contributed by atoms with Crippen LogP contribution in [-0.4, -0.2) is 67.2 Å². The molecule has 3 aromatic rings. The standard InChI is InChI=1S/C36H44O8/c1-6-7-14-23-41-33-32(44-34(39)35(2,3)4)30(38)31(43-33)29(37)24-42-36(25-15-10-8-11-16-25,26-17-12-9-13-18-26)27-19-21-28(40-5)22-20-27/h6,8-13,15-22,29-33,37-38H,1,7,14,23-24H2,2-5H3/t29-,30+,31+,32-,33+/m1/s1. The number of esters is 1. The molecule has 0 radical (unpaired) electrons. The van der Waals surface area contributed by atoms with E-state index in [0.717, 1.165) is 23.1 Å². The molecule has 0 spiro atoms. The van der Waals surface area contributed by atoms with Gasteiger partial charge in [-0.2, -0.15) is 0 Å². The molecule has 8 heteroatoms. The molecule has 236 valence electrons. The van der Waals surface area contributed by atoms with E-state index < -0.39 is 47.7 Å². The molecule has 5 atom stereocenters. The summed E-state index contributed by atoms with van der Waals surface area (Å²) in [6.45, 7) is 8.98. The van der Waals surface area contributed by atoms with Crippen LogP contribution in [0.4, 0.5) is 0 Å². The van der Waals surface area contributed by atoms with Crippen molar-refractivity contribution >= 4 is 5.97 Å². The molecule has 0 saturated carbocycles. The second-order valence-corrected chi connectivity index (χ2v) is 11.9. The van der Waals surface area contributed by atoms with Gasteiger partial charge in [0, 0.05) is 0 Å². The monoisotopic (exact) mass is 604 g/mol. The summed E-state index contributed by atoms with van der Waals surface area (Å²) in [6.07, 6.45) is -2.79. The van der Waals surface area contributed by atoms with Crippen LogP contribution in [-0.2, 0) is 29.3 Å². The fourth-order valence-corrected chi connectivity index (χ4v) is 5.19. The van der Waals surface area contributed by atoms with Crippen LogP contribution in [0.25, 0.3) is 0 Å². The number of carbonyl (C=O) groups excluding carboxylic acids is 1. The quantitative estimate of drug-likeness (QED) is 0.109. The Hall–Kier alpha value is -3.53. The lowest BCUT2D eigenvalue weighted by Crippen LogP contribution is -2.45.